The lowest BCUT2D eigenvalue weighted by Crippen LogP contribution is -2.28. The molecule has 0 spiro atoms. The Morgan fingerprint density at radius 1 is 1.24 bits per heavy atom. The lowest BCUT2D eigenvalue weighted by molar-refractivity contribution is -0.124. The molecule has 0 fully saturated rings. The highest BCUT2D eigenvalue weighted by molar-refractivity contribution is 5.96. The van der Waals surface area contributed by atoms with Gasteiger partial charge in [0.1, 0.15) is 0 Å². The van der Waals surface area contributed by atoms with Gasteiger partial charge < -0.3 is 10.1 Å². The van der Waals surface area contributed by atoms with Gasteiger partial charge in [0.2, 0.25) is 0 Å². The highest BCUT2D eigenvalue weighted by Gasteiger charge is 2.32. The van der Waals surface area contributed by atoms with Crippen molar-refractivity contribution in [2.45, 2.75) is 33.6 Å². The summed E-state index contributed by atoms with van der Waals surface area (Å²) in [6.45, 7) is 5.87. The summed E-state index contributed by atoms with van der Waals surface area (Å²) in [4.78, 5) is 23.9. The van der Waals surface area contributed by atoms with Crippen LogP contribution in [0.2, 0.25) is 0 Å². The standard InChI is InChI=1S/C17H21NO3/c1-12-9-17(2,3)10-14(19)16(12)21-11-15(20)18-13-7-5-4-6-8-13/h4-8H,9-11H2,1-3H3,(H,18,20). The fraction of sp³-hybridized carbons (Fsp3) is 0.412. The van der Waals surface area contributed by atoms with Gasteiger partial charge in [-0.3, -0.25) is 9.59 Å². The molecule has 0 saturated heterocycles. The number of rotatable bonds is 4. The molecule has 1 aliphatic carbocycles. The van der Waals surface area contributed by atoms with E-state index in [0.717, 1.165) is 12.0 Å². The van der Waals surface area contributed by atoms with Crippen molar-refractivity contribution in [2.24, 2.45) is 5.41 Å². The van der Waals surface area contributed by atoms with Crippen LogP contribution in [0.1, 0.15) is 33.6 Å². The van der Waals surface area contributed by atoms with E-state index in [1.54, 1.807) is 12.1 Å². The van der Waals surface area contributed by atoms with Crippen molar-refractivity contribution in [1.82, 2.24) is 0 Å². The Labute approximate surface area is 125 Å². The van der Waals surface area contributed by atoms with E-state index in [-0.39, 0.29) is 23.7 Å². The van der Waals surface area contributed by atoms with Crippen LogP contribution in [0.4, 0.5) is 5.69 Å². The first-order chi connectivity index (χ1) is 9.87. The van der Waals surface area contributed by atoms with Crippen LogP contribution in [-0.4, -0.2) is 18.3 Å². The molecule has 0 aliphatic heterocycles. The van der Waals surface area contributed by atoms with Gasteiger partial charge in [0.05, 0.1) is 0 Å². The molecule has 1 aromatic carbocycles. The van der Waals surface area contributed by atoms with Crippen LogP contribution in [0.25, 0.3) is 0 Å². The number of benzene rings is 1. The molecule has 1 amide bonds. The lowest BCUT2D eigenvalue weighted by Gasteiger charge is -2.30. The SMILES string of the molecule is CC1=C(OCC(=O)Nc2ccccc2)C(=O)CC(C)(C)C1. The smallest absolute Gasteiger partial charge is 0.262 e. The van der Waals surface area contributed by atoms with Gasteiger partial charge >= 0.3 is 0 Å². The normalized spacial score (nSPS) is 17.6. The number of anilines is 1. The number of carbonyl (C=O) groups is 2. The second-order valence-electron chi connectivity index (χ2n) is 6.25. The Hall–Kier alpha value is -2.10. The van der Waals surface area contributed by atoms with Crippen LogP contribution in [-0.2, 0) is 14.3 Å². The van der Waals surface area contributed by atoms with Crippen LogP contribution < -0.4 is 5.32 Å². The summed E-state index contributed by atoms with van der Waals surface area (Å²) in [5, 5.41) is 2.73. The van der Waals surface area contributed by atoms with Crippen molar-refractivity contribution in [3.05, 3.63) is 41.7 Å². The first-order valence-electron chi connectivity index (χ1n) is 7.08. The van der Waals surface area contributed by atoms with Gasteiger partial charge in [-0.05, 0) is 36.5 Å². The van der Waals surface area contributed by atoms with Crippen molar-refractivity contribution in [1.29, 1.82) is 0 Å². The Morgan fingerprint density at radius 2 is 1.90 bits per heavy atom. The molecular formula is C17H21NO3. The fourth-order valence-electron chi connectivity index (χ4n) is 2.67. The first-order valence-corrected chi connectivity index (χ1v) is 7.08. The van der Waals surface area contributed by atoms with Gasteiger partial charge in [0.15, 0.2) is 18.1 Å². The molecule has 0 atom stereocenters. The van der Waals surface area contributed by atoms with Gasteiger partial charge in [-0.2, -0.15) is 0 Å². The fourth-order valence-corrected chi connectivity index (χ4v) is 2.67. The minimum atomic E-state index is -0.265. The van der Waals surface area contributed by atoms with E-state index in [0.29, 0.717) is 17.9 Å². The predicted molar refractivity (Wildman–Crippen MR) is 81.7 cm³/mol. The van der Waals surface area contributed by atoms with Crippen LogP contribution in [0.5, 0.6) is 0 Å². The minimum Gasteiger partial charge on any atom is -0.480 e. The summed E-state index contributed by atoms with van der Waals surface area (Å²) in [6, 6.07) is 9.17. The third kappa shape index (κ3) is 4.18. The molecule has 4 nitrogen and oxygen atoms in total. The monoisotopic (exact) mass is 287 g/mol. The van der Waals surface area contributed by atoms with Gasteiger partial charge in [-0.25, -0.2) is 0 Å². The molecule has 2 rings (SSSR count). The van der Waals surface area contributed by atoms with Crippen molar-refractivity contribution in [3.8, 4) is 0 Å². The molecule has 0 bridgehead atoms. The van der Waals surface area contributed by atoms with Gasteiger partial charge in [0, 0.05) is 12.1 Å². The highest BCUT2D eigenvalue weighted by atomic mass is 16.5. The van der Waals surface area contributed by atoms with Crippen molar-refractivity contribution >= 4 is 17.4 Å². The molecule has 4 heteroatoms. The average molecular weight is 287 g/mol. The molecule has 1 aliphatic rings. The molecule has 0 radical (unpaired) electrons. The van der Waals surface area contributed by atoms with E-state index in [9.17, 15) is 9.59 Å². The third-order valence-corrected chi connectivity index (χ3v) is 3.43. The van der Waals surface area contributed by atoms with Crippen molar-refractivity contribution in [3.63, 3.8) is 0 Å². The van der Waals surface area contributed by atoms with E-state index in [1.165, 1.54) is 0 Å². The lowest BCUT2D eigenvalue weighted by atomic mass is 9.76. The van der Waals surface area contributed by atoms with Gasteiger partial charge in [0.25, 0.3) is 5.91 Å². The Bertz CT molecular complexity index is 573. The molecule has 0 aromatic heterocycles. The maximum Gasteiger partial charge on any atom is 0.262 e. The summed E-state index contributed by atoms with van der Waals surface area (Å²) >= 11 is 0. The Balaban J connectivity index is 1.93. The maximum atomic E-state index is 12.1. The third-order valence-electron chi connectivity index (χ3n) is 3.43. The zero-order valence-corrected chi connectivity index (χ0v) is 12.7. The van der Waals surface area contributed by atoms with E-state index < -0.39 is 0 Å². The topological polar surface area (TPSA) is 55.4 Å². The molecule has 21 heavy (non-hydrogen) atoms. The quantitative estimate of drug-likeness (QED) is 0.924. The van der Waals surface area contributed by atoms with Crippen LogP contribution in [0.15, 0.2) is 41.7 Å². The summed E-state index contributed by atoms with van der Waals surface area (Å²) in [5.74, 6) is 0.0768. The Kier molecular flexibility index (Phi) is 4.46. The number of amides is 1. The number of nitrogens with one attached hydrogen (secondary N) is 1. The van der Waals surface area contributed by atoms with Crippen molar-refractivity contribution < 1.29 is 14.3 Å². The van der Waals surface area contributed by atoms with E-state index in [2.05, 4.69) is 19.2 Å². The average Bonchev–Trinajstić information content (AvgIpc) is 2.37. The summed E-state index contributed by atoms with van der Waals surface area (Å²) < 4.78 is 5.45. The molecule has 112 valence electrons. The van der Waals surface area contributed by atoms with Gasteiger partial charge in [-0.1, -0.05) is 32.0 Å². The van der Waals surface area contributed by atoms with Gasteiger partial charge in [-0.15, -0.1) is 0 Å². The number of ether oxygens (including phenoxy) is 1. The van der Waals surface area contributed by atoms with Crippen LogP contribution >= 0.6 is 0 Å². The number of Topliss-reactive ketones (excluding diaryl/α,β-unsaturated/α-hetero) is 1. The van der Waals surface area contributed by atoms with E-state index in [4.69, 9.17) is 4.74 Å². The molecule has 1 N–H and O–H groups in total. The second kappa shape index (κ2) is 6.12. The minimum absolute atomic E-state index is 0.0174. The largest absolute Gasteiger partial charge is 0.480 e. The molecule has 0 heterocycles. The summed E-state index contributed by atoms with van der Waals surface area (Å²) in [6.07, 6.45) is 1.27. The van der Waals surface area contributed by atoms with E-state index >= 15 is 0 Å². The maximum absolute atomic E-state index is 12.1. The number of ketones is 1. The molecule has 1 aromatic rings. The zero-order chi connectivity index (χ0) is 15.5. The number of hydrogen-bond acceptors (Lipinski definition) is 3. The van der Waals surface area contributed by atoms with Crippen LogP contribution in [0.3, 0.4) is 0 Å². The predicted octanol–water partition coefficient (Wildman–Crippen LogP) is 3.30. The number of para-hydroxylation sites is 1. The second-order valence-corrected chi connectivity index (χ2v) is 6.25. The highest BCUT2D eigenvalue weighted by Crippen LogP contribution is 2.36. The molecule has 0 saturated carbocycles. The summed E-state index contributed by atoms with van der Waals surface area (Å²) in [5.41, 5.74) is 1.61. The van der Waals surface area contributed by atoms with Crippen molar-refractivity contribution in [2.75, 3.05) is 11.9 Å². The van der Waals surface area contributed by atoms with E-state index in [1.807, 2.05) is 25.1 Å². The summed E-state index contributed by atoms with van der Waals surface area (Å²) in [7, 11) is 0. The Morgan fingerprint density at radius 3 is 2.52 bits per heavy atom. The zero-order valence-electron chi connectivity index (χ0n) is 12.7. The van der Waals surface area contributed by atoms with Crippen LogP contribution in [0, 0.1) is 5.41 Å². The first kappa shape index (κ1) is 15.3. The molecular weight excluding hydrogens is 266 g/mol. The molecule has 0 unspecified atom stereocenters. The number of carbonyl (C=O) groups excluding carboxylic acids is 2. The number of hydrogen-bond donors (Lipinski definition) is 1. The number of allylic oxidation sites excluding steroid dienone is 2.